The van der Waals surface area contributed by atoms with Crippen LogP contribution in [0.2, 0.25) is 0 Å². The lowest BCUT2D eigenvalue weighted by Gasteiger charge is -2.28. The van der Waals surface area contributed by atoms with Crippen LogP contribution < -0.4 is 4.90 Å². The molecule has 0 amide bonds. The van der Waals surface area contributed by atoms with E-state index in [9.17, 15) is 0 Å². The lowest BCUT2D eigenvalue weighted by Crippen LogP contribution is -2.32. The number of aromatic nitrogens is 3. The van der Waals surface area contributed by atoms with Gasteiger partial charge in [0.1, 0.15) is 17.6 Å². The van der Waals surface area contributed by atoms with Crippen LogP contribution in [0.25, 0.3) is 0 Å². The number of anilines is 1. The van der Waals surface area contributed by atoms with Crippen molar-refractivity contribution in [3.63, 3.8) is 0 Å². The Bertz CT molecular complexity index is 907. The smallest absolute Gasteiger partial charge is 0.142 e. The Labute approximate surface area is 147 Å². The van der Waals surface area contributed by atoms with E-state index in [1.807, 2.05) is 24.5 Å². The second-order valence-electron chi connectivity index (χ2n) is 6.23. The average Bonchev–Trinajstić information content (AvgIpc) is 3.09. The zero-order chi connectivity index (χ0) is 17.1. The van der Waals surface area contributed by atoms with Gasteiger partial charge in [-0.2, -0.15) is 5.26 Å². The number of aryl methyl sites for hydroxylation is 2. The summed E-state index contributed by atoms with van der Waals surface area (Å²) in [6.45, 7) is 2.59. The van der Waals surface area contributed by atoms with Crippen molar-refractivity contribution in [3.05, 3.63) is 77.5 Å². The highest BCUT2D eigenvalue weighted by molar-refractivity contribution is 5.44. The Morgan fingerprint density at radius 1 is 1.08 bits per heavy atom. The number of pyridine rings is 1. The van der Waals surface area contributed by atoms with E-state index in [4.69, 9.17) is 5.26 Å². The quantitative estimate of drug-likeness (QED) is 0.738. The van der Waals surface area contributed by atoms with E-state index in [-0.39, 0.29) is 0 Å². The van der Waals surface area contributed by atoms with E-state index < -0.39 is 0 Å². The number of fused-ring (bicyclic) bond motifs is 1. The van der Waals surface area contributed by atoms with Crippen molar-refractivity contribution in [2.45, 2.75) is 25.9 Å². The molecule has 0 saturated heterocycles. The molecule has 5 nitrogen and oxygen atoms in total. The third-order valence-corrected chi connectivity index (χ3v) is 4.65. The number of rotatable bonds is 4. The van der Waals surface area contributed by atoms with E-state index in [2.05, 4.69) is 49.8 Å². The predicted octanol–water partition coefficient (Wildman–Crippen LogP) is 2.96. The average molecular weight is 329 g/mol. The minimum Gasteiger partial charge on any atom is -0.350 e. The molecule has 1 aliphatic rings. The van der Waals surface area contributed by atoms with Crippen molar-refractivity contribution in [1.82, 2.24) is 14.5 Å². The van der Waals surface area contributed by atoms with Crippen molar-refractivity contribution < 1.29 is 0 Å². The van der Waals surface area contributed by atoms with Gasteiger partial charge in [0, 0.05) is 25.2 Å². The molecular formula is C20H19N5. The third kappa shape index (κ3) is 3.24. The van der Waals surface area contributed by atoms with E-state index in [1.54, 1.807) is 6.07 Å². The fourth-order valence-electron chi connectivity index (χ4n) is 3.31. The van der Waals surface area contributed by atoms with Gasteiger partial charge in [0.15, 0.2) is 0 Å². The summed E-state index contributed by atoms with van der Waals surface area (Å²) >= 11 is 0. The third-order valence-electron chi connectivity index (χ3n) is 4.65. The highest BCUT2D eigenvalue weighted by Crippen LogP contribution is 2.23. The second kappa shape index (κ2) is 6.78. The maximum atomic E-state index is 9.03. The Morgan fingerprint density at radius 3 is 2.80 bits per heavy atom. The molecule has 0 bridgehead atoms. The summed E-state index contributed by atoms with van der Waals surface area (Å²) in [5.41, 5.74) is 4.24. The molecule has 1 aromatic carbocycles. The number of nitrogens with zero attached hydrogens (tertiary/aromatic N) is 5. The minimum absolute atomic E-state index is 0.455. The highest BCUT2D eigenvalue weighted by Gasteiger charge is 2.21. The molecule has 0 unspecified atom stereocenters. The molecule has 2 aromatic heterocycles. The van der Waals surface area contributed by atoms with Gasteiger partial charge in [0.05, 0.1) is 18.6 Å². The summed E-state index contributed by atoms with van der Waals surface area (Å²) in [4.78, 5) is 11.2. The molecule has 0 fully saturated rings. The standard InChI is InChI=1S/C20H19N5/c21-13-17-7-4-8-20(23-17)24-12-10-19-18(14-24)22-15-25(19)11-9-16-5-2-1-3-6-16/h1-8,15H,9-12,14H2. The van der Waals surface area contributed by atoms with Crippen LogP contribution >= 0.6 is 0 Å². The van der Waals surface area contributed by atoms with Gasteiger partial charge >= 0.3 is 0 Å². The summed E-state index contributed by atoms with van der Waals surface area (Å²) in [7, 11) is 0. The molecule has 4 rings (SSSR count). The molecule has 0 saturated carbocycles. The lowest BCUT2D eigenvalue weighted by molar-refractivity contribution is 0.622. The molecular weight excluding hydrogens is 310 g/mol. The lowest BCUT2D eigenvalue weighted by atomic mass is 10.1. The molecule has 3 aromatic rings. The first kappa shape index (κ1) is 15.4. The molecule has 5 heteroatoms. The molecule has 1 aliphatic heterocycles. The molecule has 0 N–H and O–H groups in total. The first-order valence-corrected chi connectivity index (χ1v) is 8.52. The number of benzene rings is 1. The van der Waals surface area contributed by atoms with Crippen molar-refractivity contribution in [1.29, 1.82) is 5.26 Å². The van der Waals surface area contributed by atoms with Crippen molar-refractivity contribution >= 4 is 5.82 Å². The Morgan fingerprint density at radius 2 is 1.96 bits per heavy atom. The molecule has 3 heterocycles. The molecule has 0 radical (unpaired) electrons. The van der Waals surface area contributed by atoms with Crippen LogP contribution in [0.15, 0.2) is 54.9 Å². The molecule has 0 spiro atoms. The van der Waals surface area contributed by atoms with E-state index in [1.165, 1.54) is 11.3 Å². The first-order chi connectivity index (χ1) is 12.3. The largest absolute Gasteiger partial charge is 0.350 e. The Kier molecular flexibility index (Phi) is 4.17. The number of nitriles is 1. The Balaban J connectivity index is 1.48. The zero-order valence-corrected chi connectivity index (χ0v) is 14.0. The summed E-state index contributed by atoms with van der Waals surface area (Å²) in [5, 5.41) is 9.03. The van der Waals surface area contributed by atoms with E-state index in [0.29, 0.717) is 5.69 Å². The monoisotopic (exact) mass is 329 g/mol. The maximum Gasteiger partial charge on any atom is 0.142 e. The second-order valence-corrected chi connectivity index (χ2v) is 6.23. The predicted molar refractivity (Wildman–Crippen MR) is 96.1 cm³/mol. The van der Waals surface area contributed by atoms with Crippen LogP contribution in [0.1, 0.15) is 22.6 Å². The van der Waals surface area contributed by atoms with Crippen LogP contribution in [-0.4, -0.2) is 21.1 Å². The van der Waals surface area contributed by atoms with Gasteiger partial charge in [-0.05, 0) is 24.1 Å². The number of hydrogen-bond donors (Lipinski definition) is 0. The minimum atomic E-state index is 0.455. The van der Waals surface area contributed by atoms with Gasteiger partial charge < -0.3 is 9.47 Å². The Hall–Kier alpha value is -3.13. The number of imidazole rings is 1. The van der Waals surface area contributed by atoms with Gasteiger partial charge in [-0.3, -0.25) is 0 Å². The van der Waals surface area contributed by atoms with Crippen molar-refractivity contribution in [3.8, 4) is 6.07 Å². The van der Waals surface area contributed by atoms with E-state index in [0.717, 1.165) is 44.0 Å². The normalized spacial score (nSPS) is 13.3. The SMILES string of the molecule is N#Cc1cccc(N2CCc3c(ncn3CCc3ccccc3)C2)n1. The summed E-state index contributed by atoms with van der Waals surface area (Å²) in [6.07, 6.45) is 3.91. The van der Waals surface area contributed by atoms with Gasteiger partial charge in [0.25, 0.3) is 0 Å². The molecule has 0 atom stereocenters. The summed E-state index contributed by atoms with van der Waals surface area (Å²) < 4.78 is 2.28. The fraction of sp³-hybridized carbons (Fsp3) is 0.250. The van der Waals surface area contributed by atoms with Crippen LogP contribution in [0.3, 0.4) is 0 Å². The van der Waals surface area contributed by atoms with Gasteiger partial charge in [-0.25, -0.2) is 9.97 Å². The van der Waals surface area contributed by atoms with Crippen LogP contribution in [0.5, 0.6) is 0 Å². The van der Waals surface area contributed by atoms with Gasteiger partial charge in [0.2, 0.25) is 0 Å². The van der Waals surface area contributed by atoms with E-state index >= 15 is 0 Å². The zero-order valence-electron chi connectivity index (χ0n) is 14.0. The van der Waals surface area contributed by atoms with Gasteiger partial charge in [-0.1, -0.05) is 36.4 Å². The van der Waals surface area contributed by atoms with Crippen LogP contribution in [-0.2, 0) is 25.9 Å². The molecule has 25 heavy (non-hydrogen) atoms. The van der Waals surface area contributed by atoms with Crippen LogP contribution in [0, 0.1) is 11.3 Å². The summed E-state index contributed by atoms with van der Waals surface area (Å²) in [5.74, 6) is 0.850. The van der Waals surface area contributed by atoms with Gasteiger partial charge in [-0.15, -0.1) is 0 Å². The first-order valence-electron chi connectivity index (χ1n) is 8.52. The fourth-order valence-corrected chi connectivity index (χ4v) is 3.31. The maximum absolute atomic E-state index is 9.03. The molecule has 124 valence electrons. The van der Waals surface area contributed by atoms with Crippen molar-refractivity contribution in [2.24, 2.45) is 0 Å². The summed E-state index contributed by atoms with van der Waals surface area (Å²) in [6, 6.07) is 18.2. The molecule has 0 aliphatic carbocycles. The van der Waals surface area contributed by atoms with Crippen LogP contribution in [0.4, 0.5) is 5.82 Å². The number of hydrogen-bond acceptors (Lipinski definition) is 4. The van der Waals surface area contributed by atoms with Crippen molar-refractivity contribution in [2.75, 3.05) is 11.4 Å². The topological polar surface area (TPSA) is 57.7 Å². The highest BCUT2D eigenvalue weighted by atomic mass is 15.2.